The van der Waals surface area contributed by atoms with Crippen LogP contribution in [0, 0.1) is 5.82 Å². The van der Waals surface area contributed by atoms with E-state index in [0.717, 1.165) is 16.3 Å². The van der Waals surface area contributed by atoms with Gasteiger partial charge in [-0.1, -0.05) is 0 Å². The molecule has 1 aromatic carbocycles. The zero-order valence-corrected chi connectivity index (χ0v) is 15.1. The van der Waals surface area contributed by atoms with Gasteiger partial charge in [-0.3, -0.25) is 9.20 Å². The van der Waals surface area contributed by atoms with Gasteiger partial charge in [0, 0.05) is 43.6 Å². The van der Waals surface area contributed by atoms with Gasteiger partial charge in [-0.2, -0.15) is 0 Å². The summed E-state index contributed by atoms with van der Waals surface area (Å²) in [6.07, 6.45) is 5.36. The van der Waals surface area contributed by atoms with Gasteiger partial charge >= 0.3 is 0 Å². The third-order valence-corrected chi connectivity index (χ3v) is 5.05. The molecule has 132 valence electrons. The van der Waals surface area contributed by atoms with Crippen molar-refractivity contribution >= 4 is 22.2 Å². The molecule has 6 nitrogen and oxygen atoms in total. The van der Waals surface area contributed by atoms with Crippen LogP contribution in [0.5, 0.6) is 0 Å². The Morgan fingerprint density at radius 2 is 2.08 bits per heavy atom. The molecule has 0 saturated heterocycles. The van der Waals surface area contributed by atoms with E-state index in [1.165, 1.54) is 23.5 Å². The average molecular weight is 369 g/mol. The third kappa shape index (κ3) is 2.88. The van der Waals surface area contributed by atoms with Crippen molar-refractivity contribution in [1.29, 1.82) is 0 Å². The van der Waals surface area contributed by atoms with Gasteiger partial charge in [0.1, 0.15) is 17.3 Å². The number of benzene rings is 1. The van der Waals surface area contributed by atoms with Crippen molar-refractivity contribution in [3.05, 3.63) is 65.6 Å². The number of hydrogen-bond donors (Lipinski definition) is 0. The highest BCUT2D eigenvalue weighted by Gasteiger charge is 2.19. The van der Waals surface area contributed by atoms with Gasteiger partial charge in [0.2, 0.25) is 0 Å². The lowest BCUT2D eigenvalue weighted by Crippen LogP contribution is -2.28. The number of amides is 1. The van der Waals surface area contributed by atoms with E-state index in [-0.39, 0.29) is 11.7 Å². The number of hydrogen-bond acceptors (Lipinski definition) is 4. The number of aromatic nitrogens is 4. The molecule has 26 heavy (non-hydrogen) atoms. The Morgan fingerprint density at radius 1 is 1.31 bits per heavy atom. The molecule has 0 radical (unpaired) electrons. The van der Waals surface area contributed by atoms with E-state index in [2.05, 4.69) is 9.97 Å². The highest BCUT2D eigenvalue weighted by atomic mass is 32.1. The Hall–Kier alpha value is -3.00. The molecule has 8 heteroatoms. The van der Waals surface area contributed by atoms with Crippen LogP contribution in [-0.2, 0) is 13.6 Å². The molecule has 0 unspecified atom stereocenters. The molecule has 0 aliphatic carbocycles. The van der Waals surface area contributed by atoms with Crippen LogP contribution in [0.25, 0.3) is 16.2 Å². The molecular weight excluding hydrogens is 353 g/mol. The van der Waals surface area contributed by atoms with E-state index < -0.39 is 0 Å². The second-order valence-electron chi connectivity index (χ2n) is 6.02. The van der Waals surface area contributed by atoms with Crippen molar-refractivity contribution in [2.75, 3.05) is 7.05 Å². The van der Waals surface area contributed by atoms with Crippen LogP contribution in [0.1, 0.15) is 16.3 Å². The molecule has 3 heterocycles. The summed E-state index contributed by atoms with van der Waals surface area (Å²) in [5, 5.41) is 1.80. The number of aryl methyl sites for hydroxylation is 1. The number of fused-ring (bicyclic) bond motifs is 1. The molecular formula is C18H16FN5OS. The Balaban J connectivity index is 1.63. The number of nitrogens with zero attached hydrogens (tertiary/aromatic N) is 5. The monoisotopic (exact) mass is 369 g/mol. The Bertz CT molecular complexity index is 1080. The van der Waals surface area contributed by atoms with Gasteiger partial charge in [-0.15, -0.1) is 11.3 Å². The van der Waals surface area contributed by atoms with Crippen LogP contribution in [0.2, 0.25) is 0 Å². The topological polar surface area (TPSA) is 55.4 Å². The molecule has 0 aliphatic heterocycles. The zero-order chi connectivity index (χ0) is 18.3. The maximum absolute atomic E-state index is 13.1. The molecule has 0 spiro atoms. The minimum atomic E-state index is -0.290. The Morgan fingerprint density at radius 3 is 2.77 bits per heavy atom. The number of carbonyl (C=O) groups is 1. The fourth-order valence-corrected chi connectivity index (χ4v) is 3.57. The SMILES string of the molecule is CN(Cc1nccn1C)C(=O)c1csc2nc(-c3ccc(F)cc3)cn12. The fraction of sp³-hybridized carbons (Fsp3) is 0.167. The molecule has 4 aromatic rings. The molecule has 1 amide bonds. The second-order valence-corrected chi connectivity index (χ2v) is 6.86. The Kier molecular flexibility index (Phi) is 4.04. The van der Waals surface area contributed by atoms with Gasteiger partial charge in [0.25, 0.3) is 5.91 Å². The second kappa shape index (κ2) is 6.38. The predicted molar refractivity (Wildman–Crippen MR) is 97.5 cm³/mol. The molecule has 3 aromatic heterocycles. The van der Waals surface area contributed by atoms with Crippen LogP contribution in [0.3, 0.4) is 0 Å². The van der Waals surface area contributed by atoms with Crippen LogP contribution < -0.4 is 0 Å². The standard InChI is InChI=1S/C18H16FN5OS/c1-22-8-7-20-16(22)10-23(2)17(25)15-11-26-18-21-14(9-24(15)18)12-3-5-13(19)6-4-12/h3-9,11H,10H2,1-2H3. The predicted octanol–water partition coefficient (Wildman–Crippen LogP) is 3.21. The van der Waals surface area contributed by atoms with Crippen LogP contribution in [-0.4, -0.2) is 36.8 Å². The quantitative estimate of drug-likeness (QED) is 0.555. The van der Waals surface area contributed by atoms with Gasteiger partial charge in [0.15, 0.2) is 4.96 Å². The summed E-state index contributed by atoms with van der Waals surface area (Å²) < 4.78 is 16.8. The van der Waals surface area contributed by atoms with Gasteiger partial charge in [-0.25, -0.2) is 14.4 Å². The Labute approximate surface area is 153 Å². The van der Waals surface area contributed by atoms with E-state index in [0.29, 0.717) is 17.9 Å². The zero-order valence-electron chi connectivity index (χ0n) is 14.3. The van der Waals surface area contributed by atoms with Crippen molar-refractivity contribution in [2.45, 2.75) is 6.54 Å². The van der Waals surface area contributed by atoms with Crippen molar-refractivity contribution in [3.8, 4) is 11.3 Å². The lowest BCUT2D eigenvalue weighted by Gasteiger charge is -2.16. The largest absolute Gasteiger partial charge is 0.337 e. The first kappa shape index (κ1) is 16.5. The number of thiazole rings is 1. The van der Waals surface area contributed by atoms with E-state index in [1.807, 2.05) is 17.8 Å². The number of halogens is 1. The highest BCUT2D eigenvalue weighted by molar-refractivity contribution is 7.15. The molecule has 0 atom stereocenters. The molecule has 0 fully saturated rings. The molecule has 0 bridgehead atoms. The molecule has 4 rings (SSSR count). The summed E-state index contributed by atoms with van der Waals surface area (Å²) in [6, 6.07) is 6.15. The van der Waals surface area contributed by atoms with Crippen molar-refractivity contribution in [2.24, 2.45) is 7.05 Å². The van der Waals surface area contributed by atoms with Gasteiger partial charge < -0.3 is 9.47 Å². The molecule has 0 N–H and O–H groups in total. The maximum Gasteiger partial charge on any atom is 0.271 e. The summed E-state index contributed by atoms with van der Waals surface area (Å²) in [7, 11) is 3.65. The fourth-order valence-electron chi connectivity index (χ4n) is 2.73. The average Bonchev–Trinajstić information content (AvgIpc) is 3.31. The number of rotatable bonds is 4. The maximum atomic E-state index is 13.1. The van der Waals surface area contributed by atoms with Crippen LogP contribution >= 0.6 is 11.3 Å². The van der Waals surface area contributed by atoms with E-state index in [1.54, 1.807) is 46.3 Å². The van der Waals surface area contributed by atoms with Crippen molar-refractivity contribution in [1.82, 2.24) is 23.8 Å². The summed E-state index contributed by atoms with van der Waals surface area (Å²) in [5.74, 6) is 0.411. The first-order valence-electron chi connectivity index (χ1n) is 7.97. The van der Waals surface area contributed by atoms with Gasteiger partial charge in [-0.05, 0) is 24.3 Å². The van der Waals surface area contributed by atoms with Crippen molar-refractivity contribution < 1.29 is 9.18 Å². The minimum Gasteiger partial charge on any atom is -0.337 e. The number of carbonyl (C=O) groups excluding carboxylic acids is 1. The summed E-state index contributed by atoms with van der Waals surface area (Å²) in [4.78, 5) is 24.0. The first-order chi connectivity index (χ1) is 12.5. The normalized spacial score (nSPS) is 11.2. The lowest BCUT2D eigenvalue weighted by atomic mass is 10.2. The smallest absolute Gasteiger partial charge is 0.271 e. The van der Waals surface area contributed by atoms with Gasteiger partial charge in [0.05, 0.1) is 12.2 Å². The summed E-state index contributed by atoms with van der Waals surface area (Å²) >= 11 is 1.40. The summed E-state index contributed by atoms with van der Waals surface area (Å²) in [6.45, 7) is 0.416. The van der Waals surface area contributed by atoms with E-state index >= 15 is 0 Å². The number of imidazole rings is 2. The minimum absolute atomic E-state index is 0.109. The first-order valence-corrected chi connectivity index (χ1v) is 8.85. The van der Waals surface area contributed by atoms with Crippen LogP contribution in [0.4, 0.5) is 4.39 Å². The molecule has 0 aliphatic rings. The highest BCUT2D eigenvalue weighted by Crippen LogP contribution is 2.24. The van der Waals surface area contributed by atoms with Crippen molar-refractivity contribution in [3.63, 3.8) is 0 Å². The summed E-state index contributed by atoms with van der Waals surface area (Å²) in [5.41, 5.74) is 2.06. The van der Waals surface area contributed by atoms with E-state index in [4.69, 9.17) is 0 Å². The van der Waals surface area contributed by atoms with Crippen LogP contribution in [0.15, 0.2) is 48.2 Å². The van der Waals surface area contributed by atoms with E-state index in [9.17, 15) is 9.18 Å². The lowest BCUT2D eigenvalue weighted by molar-refractivity contribution is 0.0774. The molecule has 0 saturated carbocycles. The third-order valence-electron chi connectivity index (χ3n) is 4.21.